The van der Waals surface area contributed by atoms with E-state index in [0.29, 0.717) is 0 Å². The van der Waals surface area contributed by atoms with Crippen molar-refractivity contribution in [3.8, 4) is 0 Å². The maximum absolute atomic E-state index is 5.58. The monoisotopic (exact) mass is 280 g/mol. The van der Waals surface area contributed by atoms with E-state index in [4.69, 9.17) is 4.42 Å². The van der Waals surface area contributed by atoms with Crippen LogP contribution in [0.1, 0.15) is 31.9 Å². The molecule has 1 aromatic rings. The molecule has 0 aliphatic carbocycles. The Bertz CT molecular complexity index is 385. The lowest BCUT2D eigenvalue weighted by atomic mass is 9.97. The van der Waals surface area contributed by atoms with Crippen LogP contribution >= 0.6 is 0 Å². The van der Waals surface area contributed by atoms with E-state index in [0.717, 1.165) is 43.7 Å². The summed E-state index contributed by atoms with van der Waals surface area (Å²) in [7, 11) is 4.27. The lowest BCUT2D eigenvalue weighted by Crippen LogP contribution is -2.35. The third kappa shape index (κ3) is 4.49. The average molecular weight is 280 g/mol. The van der Waals surface area contributed by atoms with E-state index < -0.39 is 0 Å². The van der Waals surface area contributed by atoms with Gasteiger partial charge in [-0.1, -0.05) is 6.92 Å². The number of likely N-dealkylation sites (tertiary alicyclic amines) is 1. The van der Waals surface area contributed by atoms with Gasteiger partial charge >= 0.3 is 0 Å². The van der Waals surface area contributed by atoms with E-state index in [1.807, 2.05) is 0 Å². The van der Waals surface area contributed by atoms with Crippen LogP contribution in [0.25, 0.3) is 0 Å². The maximum atomic E-state index is 5.58. The molecular weight excluding hydrogens is 252 g/mol. The molecule has 5 nitrogen and oxygen atoms in total. The van der Waals surface area contributed by atoms with Crippen molar-refractivity contribution in [1.29, 1.82) is 0 Å². The van der Waals surface area contributed by atoms with Crippen LogP contribution < -0.4 is 10.2 Å². The van der Waals surface area contributed by atoms with Crippen LogP contribution in [0.2, 0.25) is 0 Å². The normalized spacial score (nSPS) is 17.6. The van der Waals surface area contributed by atoms with E-state index >= 15 is 0 Å². The fourth-order valence-corrected chi connectivity index (χ4v) is 2.66. The fourth-order valence-electron chi connectivity index (χ4n) is 2.66. The summed E-state index contributed by atoms with van der Waals surface area (Å²) in [6.45, 7) is 7.42. The van der Waals surface area contributed by atoms with Crippen molar-refractivity contribution in [3.05, 3.63) is 12.0 Å². The molecule has 1 aliphatic heterocycles. The molecule has 0 saturated carbocycles. The van der Waals surface area contributed by atoms with Crippen LogP contribution in [0.15, 0.2) is 10.7 Å². The zero-order valence-electron chi connectivity index (χ0n) is 13.1. The minimum atomic E-state index is 0.747. The van der Waals surface area contributed by atoms with Crippen LogP contribution in [0.4, 0.5) is 6.01 Å². The first-order chi connectivity index (χ1) is 9.69. The predicted octanol–water partition coefficient (Wildman–Crippen LogP) is 1.95. The highest BCUT2D eigenvalue weighted by Crippen LogP contribution is 2.20. The molecule has 0 bridgehead atoms. The Morgan fingerprint density at radius 1 is 1.45 bits per heavy atom. The maximum Gasteiger partial charge on any atom is 0.297 e. The zero-order chi connectivity index (χ0) is 14.4. The first kappa shape index (κ1) is 15.3. The van der Waals surface area contributed by atoms with E-state index in [1.54, 1.807) is 6.26 Å². The van der Waals surface area contributed by atoms with Crippen LogP contribution in [0.3, 0.4) is 0 Å². The molecular formula is C15H28N4O. The Hall–Kier alpha value is -1.07. The fraction of sp³-hybridized carbons (Fsp3) is 0.800. The summed E-state index contributed by atoms with van der Waals surface area (Å²) in [5.74, 6) is 0.754. The predicted molar refractivity (Wildman–Crippen MR) is 82.0 cm³/mol. The number of oxazole rings is 1. The van der Waals surface area contributed by atoms with E-state index in [2.05, 4.69) is 41.1 Å². The molecule has 5 heteroatoms. The Kier molecular flexibility index (Phi) is 5.86. The summed E-state index contributed by atoms with van der Waals surface area (Å²) in [6, 6.07) is 0.747. The SMILES string of the molecule is CCCNCc1coc(N(C)CC2CCN(C)CC2)n1. The second-order valence-electron chi connectivity index (χ2n) is 5.93. The van der Waals surface area contributed by atoms with Gasteiger partial charge in [-0.2, -0.15) is 4.98 Å². The minimum absolute atomic E-state index is 0.747. The summed E-state index contributed by atoms with van der Waals surface area (Å²) in [5.41, 5.74) is 0.990. The van der Waals surface area contributed by atoms with Crippen molar-refractivity contribution < 1.29 is 4.42 Å². The van der Waals surface area contributed by atoms with Gasteiger partial charge in [0.15, 0.2) is 0 Å². The largest absolute Gasteiger partial charge is 0.432 e. The van der Waals surface area contributed by atoms with Crippen molar-refractivity contribution in [1.82, 2.24) is 15.2 Å². The van der Waals surface area contributed by atoms with Gasteiger partial charge in [-0.25, -0.2) is 0 Å². The molecule has 0 unspecified atom stereocenters. The Morgan fingerprint density at radius 2 is 2.20 bits per heavy atom. The topological polar surface area (TPSA) is 44.5 Å². The van der Waals surface area contributed by atoms with Gasteiger partial charge in [0.25, 0.3) is 6.01 Å². The third-order valence-corrected chi connectivity index (χ3v) is 3.97. The molecule has 1 aromatic heterocycles. The molecule has 2 heterocycles. The molecule has 1 fully saturated rings. The van der Waals surface area contributed by atoms with Crippen LogP contribution in [0.5, 0.6) is 0 Å². The summed E-state index contributed by atoms with van der Waals surface area (Å²) in [4.78, 5) is 9.10. The number of anilines is 1. The highest BCUT2D eigenvalue weighted by atomic mass is 16.4. The molecule has 1 aliphatic rings. The highest BCUT2D eigenvalue weighted by Gasteiger charge is 2.20. The first-order valence-corrected chi connectivity index (χ1v) is 7.73. The van der Waals surface area contributed by atoms with E-state index in [-0.39, 0.29) is 0 Å². The van der Waals surface area contributed by atoms with Gasteiger partial charge in [-0.3, -0.25) is 0 Å². The van der Waals surface area contributed by atoms with Gasteiger partial charge in [0.05, 0.1) is 5.69 Å². The summed E-state index contributed by atoms with van der Waals surface area (Å²) < 4.78 is 5.58. The van der Waals surface area contributed by atoms with E-state index in [1.165, 1.54) is 25.9 Å². The molecule has 0 aromatic carbocycles. The summed E-state index contributed by atoms with van der Waals surface area (Å²) in [6.07, 6.45) is 5.45. The Balaban J connectivity index is 1.78. The molecule has 1 saturated heterocycles. The molecule has 0 spiro atoms. The number of nitrogens with one attached hydrogen (secondary N) is 1. The van der Waals surface area contributed by atoms with Gasteiger partial charge in [-0.05, 0) is 51.9 Å². The first-order valence-electron chi connectivity index (χ1n) is 7.73. The van der Waals surface area contributed by atoms with Crippen LogP contribution in [-0.2, 0) is 6.54 Å². The van der Waals surface area contributed by atoms with Gasteiger partial charge in [0, 0.05) is 20.1 Å². The lowest BCUT2D eigenvalue weighted by Gasteiger charge is -2.31. The average Bonchev–Trinajstić information content (AvgIpc) is 2.91. The highest BCUT2D eigenvalue weighted by molar-refractivity contribution is 5.25. The molecule has 20 heavy (non-hydrogen) atoms. The smallest absolute Gasteiger partial charge is 0.297 e. The number of rotatable bonds is 7. The van der Waals surface area contributed by atoms with E-state index in [9.17, 15) is 0 Å². The Labute approximate surface area is 122 Å². The second kappa shape index (κ2) is 7.64. The quantitative estimate of drug-likeness (QED) is 0.774. The number of aromatic nitrogens is 1. The minimum Gasteiger partial charge on any atom is -0.432 e. The van der Waals surface area contributed by atoms with Crippen molar-refractivity contribution in [3.63, 3.8) is 0 Å². The van der Waals surface area contributed by atoms with Gasteiger partial charge in [-0.15, -0.1) is 0 Å². The van der Waals surface area contributed by atoms with Crippen molar-refractivity contribution in [2.45, 2.75) is 32.7 Å². The molecule has 2 rings (SSSR count). The zero-order valence-corrected chi connectivity index (χ0v) is 13.1. The third-order valence-electron chi connectivity index (χ3n) is 3.97. The van der Waals surface area contributed by atoms with Crippen LogP contribution in [0, 0.1) is 5.92 Å². The number of hydrogen-bond acceptors (Lipinski definition) is 5. The molecule has 0 radical (unpaired) electrons. The number of hydrogen-bond donors (Lipinski definition) is 1. The molecule has 1 N–H and O–H groups in total. The molecule has 0 atom stereocenters. The van der Waals surface area contributed by atoms with Gasteiger partial charge in [0.1, 0.15) is 6.26 Å². The number of nitrogens with zero attached hydrogens (tertiary/aromatic N) is 3. The lowest BCUT2D eigenvalue weighted by molar-refractivity contribution is 0.221. The Morgan fingerprint density at radius 3 is 2.90 bits per heavy atom. The standard InChI is InChI=1S/C15H28N4O/c1-4-7-16-10-14-12-20-15(17-14)19(3)11-13-5-8-18(2)9-6-13/h12-13,16H,4-11H2,1-3H3. The number of piperidine rings is 1. The molecule has 114 valence electrons. The molecule has 0 amide bonds. The van der Waals surface area contributed by atoms with Crippen LogP contribution in [-0.4, -0.2) is 50.2 Å². The van der Waals surface area contributed by atoms with Gasteiger partial charge < -0.3 is 19.5 Å². The van der Waals surface area contributed by atoms with Crippen molar-refractivity contribution in [2.75, 3.05) is 45.2 Å². The summed E-state index contributed by atoms with van der Waals surface area (Å²) in [5, 5.41) is 3.34. The summed E-state index contributed by atoms with van der Waals surface area (Å²) >= 11 is 0. The van der Waals surface area contributed by atoms with Crippen molar-refractivity contribution >= 4 is 6.01 Å². The van der Waals surface area contributed by atoms with Gasteiger partial charge in [0.2, 0.25) is 0 Å². The van der Waals surface area contributed by atoms with Crippen molar-refractivity contribution in [2.24, 2.45) is 5.92 Å². The second-order valence-corrected chi connectivity index (χ2v) is 5.93.